The smallest absolute Gasteiger partial charge is 0.00921 e. The van der Waals surface area contributed by atoms with E-state index in [1.807, 2.05) is 0 Å². The summed E-state index contributed by atoms with van der Waals surface area (Å²) in [5, 5.41) is 3.56. The second-order valence-electron chi connectivity index (χ2n) is 5.91. The fourth-order valence-corrected chi connectivity index (χ4v) is 2.45. The van der Waals surface area contributed by atoms with Crippen LogP contribution in [-0.4, -0.2) is 37.1 Å². The lowest BCUT2D eigenvalue weighted by Crippen LogP contribution is -2.32. The molecule has 2 atom stereocenters. The number of nitrogens with zero attached hydrogens (tertiary/aromatic N) is 1. The van der Waals surface area contributed by atoms with Crippen molar-refractivity contribution in [2.75, 3.05) is 20.1 Å². The highest BCUT2D eigenvalue weighted by Gasteiger charge is 2.29. The molecule has 2 nitrogen and oxygen atoms in total. The monoisotopic (exact) mass is 240 g/mol. The van der Waals surface area contributed by atoms with Gasteiger partial charge in [-0.15, -0.1) is 0 Å². The second-order valence-corrected chi connectivity index (χ2v) is 5.91. The number of hydrogen-bond acceptors (Lipinski definition) is 2. The van der Waals surface area contributed by atoms with E-state index in [1.54, 1.807) is 0 Å². The van der Waals surface area contributed by atoms with Crippen LogP contribution in [0.15, 0.2) is 0 Å². The van der Waals surface area contributed by atoms with Gasteiger partial charge in [-0.1, -0.05) is 13.3 Å². The van der Waals surface area contributed by atoms with Crippen LogP contribution in [0.1, 0.15) is 59.3 Å². The van der Waals surface area contributed by atoms with Gasteiger partial charge in [0.05, 0.1) is 0 Å². The minimum atomic E-state index is 0.695. The van der Waals surface area contributed by atoms with E-state index < -0.39 is 0 Å². The van der Waals surface area contributed by atoms with Gasteiger partial charge in [0.1, 0.15) is 0 Å². The van der Waals surface area contributed by atoms with E-state index in [9.17, 15) is 0 Å². The van der Waals surface area contributed by atoms with Gasteiger partial charge >= 0.3 is 0 Å². The highest BCUT2D eigenvalue weighted by atomic mass is 15.1. The minimum absolute atomic E-state index is 0.695. The fraction of sp³-hybridized carbons (Fsp3) is 1.00. The molecular weight excluding hydrogens is 208 g/mol. The molecule has 1 aliphatic rings. The predicted molar refractivity (Wildman–Crippen MR) is 76.4 cm³/mol. The Kier molecular flexibility index (Phi) is 7.14. The van der Waals surface area contributed by atoms with Crippen molar-refractivity contribution in [2.24, 2.45) is 5.92 Å². The average molecular weight is 240 g/mol. The predicted octanol–water partition coefficient (Wildman–Crippen LogP) is 3.28. The quantitative estimate of drug-likeness (QED) is 0.590. The van der Waals surface area contributed by atoms with E-state index in [0.29, 0.717) is 6.04 Å². The second kappa shape index (κ2) is 8.10. The normalized spacial score (nSPS) is 19.6. The largest absolute Gasteiger partial charge is 0.314 e. The summed E-state index contributed by atoms with van der Waals surface area (Å²) in [4.78, 5) is 2.56. The lowest BCUT2D eigenvalue weighted by atomic mass is 10.1. The highest BCUT2D eigenvalue weighted by Crippen LogP contribution is 2.34. The molecule has 102 valence electrons. The molecule has 0 heterocycles. The first-order chi connectivity index (χ1) is 8.15. The standard InChI is InChI=1S/C15H32N2/c1-5-11-16-13(2)8-6-7-12-17(4)14(3)15-9-10-15/h13-16H,5-12H2,1-4H3. The van der Waals surface area contributed by atoms with Crippen LogP contribution in [0.3, 0.4) is 0 Å². The van der Waals surface area contributed by atoms with Gasteiger partial charge in [-0.2, -0.15) is 0 Å². The van der Waals surface area contributed by atoms with Gasteiger partial charge in [0.2, 0.25) is 0 Å². The zero-order valence-electron chi connectivity index (χ0n) is 12.3. The fourth-order valence-electron chi connectivity index (χ4n) is 2.45. The molecule has 0 aromatic heterocycles. The molecule has 1 fully saturated rings. The van der Waals surface area contributed by atoms with E-state index in [1.165, 1.54) is 51.6 Å². The van der Waals surface area contributed by atoms with Crippen LogP contribution in [0.4, 0.5) is 0 Å². The Hall–Kier alpha value is -0.0800. The van der Waals surface area contributed by atoms with Crippen molar-refractivity contribution in [3.8, 4) is 0 Å². The third-order valence-electron chi connectivity index (χ3n) is 4.14. The van der Waals surface area contributed by atoms with Crippen LogP contribution in [0, 0.1) is 5.92 Å². The minimum Gasteiger partial charge on any atom is -0.314 e. The molecule has 1 rings (SSSR count). The van der Waals surface area contributed by atoms with Crippen LogP contribution in [0.25, 0.3) is 0 Å². The molecule has 1 saturated carbocycles. The summed E-state index contributed by atoms with van der Waals surface area (Å²) in [7, 11) is 2.29. The van der Waals surface area contributed by atoms with E-state index >= 15 is 0 Å². The van der Waals surface area contributed by atoms with Gasteiger partial charge in [-0.25, -0.2) is 0 Å². The molecule has 0 aromatic carbocycles. The van der Waals surface area contributed by atoms with Crippen LogP contribution >= 0.6 is 0 Å². The Balaban J connectivity index is 1.95. The van der Waals surface area contributed by atoms with Gasteiger partial charge in [0.25, 0.3) is 0 Å². The molecule has 0 amide bonds. The molecule has 0 spiro atoms. The lowest BCUT2D eigenvalue weighted by molar-refractivity contribution is 0.229. The van der Waals surface area contributed by atoms with Gasteiger partial charge in [0, 0.05) is 12.1 Å². The van der Waals surface area contributed by atoms with Crippen molar-refractivity contribution in [3.63, 3.8) is 0 Å². The van der Waals surface area contributed by atoms with Crippen molar-refractivity contribution in [2.45, 2.75) is 71.4 Å². The Labute approximate surface area is 108 Å². The van der Waals surface area contributed by atoms with Gasteiger partial charge < -0.3 is 10.2 Å². The van der Waals surface area contributed by atoms with Gasteiger partial charge in [-0.05, 0) is 72.0 Å². The lowest BCUT2D eigenvalue weighted by Gasteiger charge is -2.24. The third-order valence-corrected chi connectivity index (χ3v) is 4.14. The molecule has 2 heteroatoms. The number of rotatable bonds is 10. The Morgan fingerprint density at radius 1 is 1.24 bits per heavy atom. The first-order valence-electron chi connectivity index (χ1n) is 7.58. The summed E-state index contributed by atoms with van der Waals surface area (Å²) >= 11 is 0. The van der Waals surface area contributed by atoms with Crippen LogP contribution < -0.4 is 5.32 Å². The zero-order valence-corrected chi connectivity index (χ0v) is 12.3. The van der Waals surface area contributed by atoms with Crippen molar-refractivity contribution < 1.29 is 0 Å². The molecule has 0 saturated heterocycles. The van der Waals surface area contributed by atoms with E-state index in [0.717, 1.165) is 12.0 Å². The van der Waals surface area contributed by atoms with Crippen LogP contribution in [0.2, 0.25) is 0 Å². The molecule has 1 aliphatic carbocycles. The average Bonchev–Trinajstić information content (AvgIpc) is 3.14. The molecule has 0 bridgehead atoms. The highest BCUT2D eigenvalue weighted by molar-refractivity contribution is 4.83. The Morgan fingerprint density at radius 3 is 2.53 bits per heavy atom. The molecule has 17 heavy (non-hydrogen) atoms. The van der Waals surface area contributed by atoms with Gasteiger partial charge in [0.15, 0.2) is 0 Å². The summed E-state index contributed by atoms with van der Waals surface area (Å²) in [6.07, 6.45) is 8.20. The molecule has 0 aromatic rings. The summed E-state index contributed by atoms with van der Waals surface area (Å²) < 4.78 is 0. The van der Waals surface area contributed by atoms with E-state index in [2.05, 4.69) is 38.0 Å². The maximum atomic E-state index is 3.56. The van der Waals surface area contributed by atoms with Crippen molar-refractivity contribution in [1.82, 2.24) is 10.2 Å². The topological polar surface area (TPSA) is 15.3 Å². The number of hydrogen-bond donors (Lipinski definition) is 1. The molecule has 1 N–H and O–H groups in total. The summed E-state index contributed by atoms with van der Waals surface area (Å²) in [5.41, 5.74) is 0. The summed E-state index contributed by atoms with van der Waals surface area (Å²) in [5.74, 6) is 1.00. The van der Waals surface area contributed by atoms with Crippen LogP contribution in [0.5, 0.6) is 0 Å². The molecular formula is C15H32N2. The zero-order chi connectivity index (χ0) is 12.7. The van der Waals surface area contributed by atoms with Gasteiger partial charge in [-0.3, -0.25) is 0 Å². The summed E-state index contributed by atoms with van der Waals surface area (Å²) in [6, 6.07) is 1.51. The van der Waals surface area contributed by atoms with Crippen LogP contribution in [-0.2, 0) is 0 Å². The molecule has 0 radical (unpaired) electrons. The summed E-state index contributed by atoms with van der Waals surface area (Å²) in [6.45, 7) is 9.38. The molecule has 0 aliphatic heterocycles. The van der Waals surface area contributed by atoms with Crippen molar-refractivity contribution >= 4 is 0 Å². The number of unbranched alkanes of at least 4 members (excludes halogenated alkanes) is 1. The Morgan fingerprint density at radius 2 is 1.94 bits per heavy atom. The Bertz CT molecular complexity index is 189. The van der Waals surface area contributed by atoms with Crippen molar-refractivity contribution in [1.29, 1.82) is 0 Å². The van der Waals surface area contributed by atoms with Crippen molar-refractivity contribution in [3.05, 3.63) is 0 Å². The maximum Gasteiger partial charge on any atom is 0.00921 e. The maximum absolute atomic E-state index is 3.56. The number of nitrogens with one attached hydrogen (secondary N) is 1. The van der Waals surface area contributed by atoms with E-state index in [-0.39, 0.29) is 0 Å². The SMILES string of the molecule is CCCNC(C)CCCCN(C)C(C)C1CC1. The first-order valence-corrected chi connectivity index (χ1v) is 7.58. The van der Waals surface area contributed by atoms with E-state index in [4.69, 9.17) is 0 Å². The first kappa shape index (κ1) is 15.0. The molecule has 2 unspecified atom stereocenters. The third kappa shape index (κ3) is 6.42.